The zero-order chi connectivity index (χ0) is 11.4. The molecular formula is C12H6Br2Cl2. The number of alkyl halides is 2. The van der Waals surface area contributed by atoms with Crippen molar-refractivity contribution < 1.29 is 0 Å². The van der Waals surface area contributed by atoms with Crippen LogP contribution in [0.25, 0.3) is 10.8 Å². The molecular weight excluding hydrogens is 375 g/mol. The summed E-state index contributed by atoms with van der Waals surface area (Å²) in [4.78, 5) is 0.557. The van der Waals surface area contributed by atoms with Gasteiger partial charge in [0.2, 0.25) is 0 Å². The van der Waals surface area contributed by atoms with Crippen LogP contribution in [0, 0.1) is 0 Å². The molecule has 16 heavy (non-hydrogen) atoms. The second kappa shape index (κ2) is 3.88. The summed E-state index contributed by atoms with van der Waals surface area (Å²) >= 11 is 19.8. The Kier molecular flexibility index (Phi) is 2.75. The second-order valence-electron chi connectivity index (χ2n) is 3.83. The van der Waals surface area contributed by atoms with Gasteiger partial charge in [-0.1, -0.05) is 67.2 Å². The molecule has 2 aromatic carbocycles. The van der Waals surface area contributed by atoms with Crippen molar-refractivity contribution in [2.45, 2.75) is 9.65 Å². The van der Waals surface area contributed by atoms with Gasteiger partial charge in [-0.2, -0.15) is 0 Å². The van der Waals surface area contributed by atoms with E-state index in [-0.39, 0.29) is 9.65 Å². The van der Waals surface area contributed by atoms with Crippen LogP contribution in [-0.2, 0) is 0 Å². The summed E-state index contributed by atoms with van der Waals surface area (Å²) in [6, 6.07) is 7.94. The van der Waals surface area contributed by atoms with Gasteiger partial charge in [-0.25, -0.2) is 0 Å². The van der Waals surface area contributed by atoms with Crippen LogP contribution in [0.1, 0.15) is 20.8 Å². The van der Waals surface area contributed by atoms with Crippen LogP contribution in [0.4, 0.5) is 0 Å². The molecule has 1 aliphatic rings. The number of rotatable bonds is 0. The van der Waals surface area contributed by atoms with Crippen LogP contribution in [0.3, 0.4) is 0 Å². The van der Waals surface area contributed by atoms with Crippen molar-refractivity contribution in [3.05, 3.63) is 45.4 Å². The second-order valence-corrected chi connectivity index (χ2v) is 6.61. The molecule has 0 N–H and O–H groups in total. The van der Waals surface area contributed by atoms with E-state index in [0.717, 1.165) is 5.39 Å². The maximum Gasteiger partial charge on any atom is 0.0567 e. The van der Waals surface area contributed by atoms with Gasteiger partial charge in [0.05, 0.1) is 9.65 Å². The van der Waals surface area contributed by atoms with Crippen molar-refractivity contribution in [1.29, 1.82) is 0 Å². The van der Waals surface area contributed by atoms with Crippen molar-refractivity contribution in [3.8, 4) is 0 Å². The fourth-order valence-electron chi connectivity index (χ4n) is 2.24. The summed E-state index contributed by atoms with van der Waals surface area (Å²) < 4.78 is 0. The molecule has 0 aromatic heterocycles. The van der Waals surface area contributed by atoms with Crippen LogP contribution >= 0.6 is 55.1 Å². The van der Waals surface area contributed by atoms with Gasteiger partial charge in [-0.05, 0) is 28.6 Å². The highest BCUT2D eigenvalue weighted by Crippen LogP contribution is 2.54. The molecule has 0 fully saturated rings. The minimum Gasteiger partial charge on any atom is -0.0836 e. The van der Waals surface area contributed by atoms with Crippen LogP contribution in [0.15, 0.2) is 24.3 Å². The zero-order valence-corrected chi connectivity index (χ0v) is 12.7. The Labute approximate surface area is 120 Å². The molecule has 0 bridgehead atoms. The van der Waals surface area contributed by atoms with E-state index in [1.165, 1.54) is 16.5 Å². The van der Waals surface area contributed by atoms with Crippen LogP contribution in [-0.4, -0.2) is 0 Å². The zero-order valence-electron chi connectivity index (χ0n) is 7.98. The summed E-state index contributed by atoms with van der Waals surface area (Å²) in [5.74, 6) is 0. The Morgan fingerprint density at radius 2 is 1.19 bits per heavy atom. The van der Waals surface area contributed by atoms with E-state index in [1.807, 2.05) is 12.1 Å². The highest BCUT2D eigenvalue weighted by Gasteiger charge is 2.31. The average molecular weight is 381 g/mol. The Morgan fingerprint density at radius 3 is 1.62 bits per heavy atom. The van der Waals surface area contributed by atoms with E-state index in [2.05, 4.69) is 44.0 Å². The molecule has 0 saturated carbocycles. The number of hydrogen-bond acceptors (Lipinski definition) is 0. The molecule has 0 saturated heterocycles. The first kappa shape index (κ1) is 11.3. The predicted octanol–water partition coefficient (Wildman–Crippen LogP) is 6.03. The lowest BCUT2D eigenvalue weighted by Crippen LogP contribution is -1.87. The first-order chi connectivity index (χ1) is 7.61. The van der Waals surface area contributed by atoms with Crippen LogP contribution in [0.5, 0.6) is 0 Å². The average Bonchev–Trinajstić information content (AvgIpc) is 2.50. The van der Waals surface area contributed by atoms with E-state index in [0.29, 0.717) is 10.0 Å². The van der Waals surface area contributed by atoms with Gasteiger partial charge in [0.15, 0.2) is 0 Å². The highest BCUT2D eigenvalue weighted by molar-refractivity contribution is 9.12. The van der Waals surface area contributed by atoms with Gasteiger partial charge in [-0.3, -0.25) is 0 Å². The molecule has 3 rings (SSSR count). The minimum atomic E-state index is 0.278. The third-order valence-electron chi connectivity index (χ3n) is 2.97. The van der Waals surface area contributed by atoms with Crippen molar-refractivity contribution in [2.24, 2.45) is 0 Å². The predicted molar refractivity (Wildman–Crippen MR) is 77.3 cm³/mol. The van der Waals surface area contributed by atoms with Gasteiger partial charge in [0, 0.05) is 15.4 Å². The summed E-state index contributed by atoms with van der Waals surface area (Å²) in [5, 5.41) is 3.58. The third-order valence-corrected chi connectivity index (χ3v) is 6.36. The SMILES string of the molecule is Clc1ccc2c3c(ccc(Cl)c13)C(Br)C2Br. The molecule has 82 valence electrons. The molecule has 4 heteroatoms. The first-order valence-electron chi connectivity index (χ1n) is 4.80. The van der Waals surface area contributed by atoms with Crippen molar-refractivity contribution in [1.82, 2.24) is 0 Å². The monoisotopic (exact) mass is 378 g/mol. The Bertz CT molecular complexity index is 546. The van der Waals surface area contributed by atoms with Crippen LogP contribution in [0.2, 0.25) is 10.0 Å². The quantitative estimate of drug-likeness (QED) is 0.489. The summed E-state index contributed by atoms with van der Waals surface area (Å²) in [6.45, 7) is 0. The maximum atomic E-state index is 6.21. The van der Waals surface area contributed by atoms with Crippen molar-refractivity contribution in [2.75, 3.05) is 0 Å². The minimum absolute atomic E-state index is 0.278. The lowest BCUT2D eigenvalue weighted by Gasteiger charge is -2.06. The molecule has 0 aliphatic heterocycles. The molecule has 1 aliphatic carbocycles. The van der Waals surface area contributed by atoms with Gasteiger partial charge in [-0.15, -0.1) is 0 Å². The Hall–Kier alpha value is 0.240. The topological polar surface area (TPSA) is 0 Å². The standard InChI is InChI=1S/C12H6Br2Cl2/c13-11-5-1-3-7(15)10-8(16)4-2-6(9(5)10)12(11)14/h1-4,11-12H. The van der Waals surface area contributed by atoms with Gasteiger partial charge >= 0.3 is 0 Å². The lowest BCUT2D eigenvalue weighted by atomic mass is 10.1. The number of hydrogen-bond donors (Lipinski definition) is 0. The third kappa shape index (κ3) is 1.40. The van der Waals surface area contributed by atoms with E-state index < -0.39 is 0 Å². The normalized spacial score (nSPS) is 23.0. The van der Waals surface area contributed by atoms with Crippen molar-refractivity contribution in [3.63, 3.8) is 0 Å². The molecule has 0 amide bonds. The maximum absolute atomic E-state index is 6.21. The molecule has 0 heterocycles. The van der Waals surface area contributed by atoms with E-state index in [9.17, 15) is 0 Å². The number of benzene rings is 2. The summed E-state index contributed by atoms with van der Waals surface area (Å²) in [5.41, 5.74) is 2.50. The van der Waals surface area contributed by atoms with Gasteiger partial charge in [0.25, 0.3) is 0 Å². The first-order valence-corrected chi connectivity index (χ1v) is 7.38. The molecule has 2 atom stereocenters. The molecule has 0 spiro atoms. The highest BCUT2D eigenvalue weighted by atomic mass is 79.9. The Morgan fingerprint density at radius 1 is 0.750 bits per heavy atom. The summed E-state index contributed by atoms with van der Waals surface area (Å²) in [6.07, 6.45) is 0. The summed E-state index contributed by atoms with van der Waals surface area (Å²) in [7, 11) is 0. The fraction of sp³-hybridized carbons (Fsp3) is 0.167. The van der Waals surface area contributed by atoms with E-state index in [4.69, 9.17) is 23.2 Å². The molecule has 0 radical (unpaired) electrons. The molecule has 2 unspecified atom stereocenters. The van der Waals surface area contributed by atoms with Gasteiger partial charge in [0.1, 0.15) is 0 Å². The van der Waals surface area contributed by atoms with Crippen molar-refractivity contribution >= 4 is 65.8 Å². The largest absolute Gasteiger partial charge is 0.0836 e. The number of halogens is 4. The Balaban J connectivity index is 2.54. The van der Waals surface area contributed by atoms with E-state index >= 15 is 0 Å². The molecule has 2 aromatic rings. The van der Waals surface area contributed by atoms with E-state index in [1.54, 1.807) is 0 Å². The smallest absolute Gasteiger partial charge is 0.0567 e. The lowest BCUT2D eigenvalue weighted by molar-refractivity contribution is 0.999. The fourth-order valence-corrected chi connectivity index (χ4v) is 4.14. The van der Waals surface area contributed by atoms with Gasteiger partial charge < -0.3 is 0 Å². The van der Waals surface area contributed by atoms with Crippen LogP contribution < -0.4 is 0 Å². The molecule has 0 nitrogen and oxygen atoms in total.